The van der Waals surface area contributed by atoms with Gasteiger partial charge in [0.25, 0.3) is 0 Å². The van der Waals surface area contributed by atoms with Crippen LogP contribution in [0.1, 0.15) is 29.5 Å². The number of hydrogen-bond acceptors (Lipinski definition) is 2. The summed E-state index contributed by atoms with van der Waals surface area (Å²) < 4.78 is 0. The molecule has 0 saturated carbocycles. The van der Waals surface area contributed by atoms with Gasteiger partial charge in [0.05, 0.1) is 0 Å². The van der Waals surface area contributed by atoms with Crippen LogP contribution in [0.2, 0.25) is 0 Å². The number of unbranched alkanes of at least 4 members (excludes halogenated alkanes) is 1. The summed E-state index contributed by atoms with van der Waals surface area (Å²) >= 11 is 0. The number of hydrogen-bond donors (Lipinski definition) is 2. The maximum absolute atomic E-state index is 5.82. The zero-order valence-corrected chi connectivity index (χ0v) is 11.6. The summed E-state index contributed by atoms with van der Waals surface area (Å²) in [5, 5.41) is 3.59. The second kappa shape index (κ2) is 7.34. The lowest BCUT2D eigenvalue weighted by Crippen LogP contribution is -2.17. The second-order valence-corrected chi connectivity index (χ2v) is 4.86. The van der Waals surface area contributed by atoms with Gasteiger partial charge >= 0.3 is 0 Å². The average Bonchev–Trinajstić information content (AvgIpc) is 2.52. The van der Waals surface area contributed by atoms with Crippen molar-refractivity contribution in [3.63, 3.8) is 0 Å². The number of benzene rings is 2. The Morgan fingerprint density at radius 3 is 2.25 bits per heavy atom. The molecular weight excluding hydrogens is 246 g/mol. The van der Waals surface area contributed by atoms with Crippen molar-refractivity contribution in [2.45, 2.75) is 25.7 Å². The van der Waals surface area contributed by atoms with E-state index in [0.29, 0.717) is 5.84 Å². The van der Waals surface area contributed by atoms with Gasteiger partial charge in [0.1, 0.15) is 0 Å². The lowest BCUT2D eigenvalue weighted by Gasteiger charge is -2.08. The van der Waals surface area contributed by atoms with E-state index in [9.17, 15) is 0 Å². The van der Waals surface area contributed by atoms with E-state index in [1.807, 2.05) is 18.2 Å². The molecule has 0 atom stereocenters. The van der Waals surface area contributed by atoms with Crippen LogP contribution in [0, 0.1) is 0 Å². The van der Waals surface area contributed by atoms with Gasteiger partial charge in [0, 0.05) is 5.56 Å². The second-order valence-electron chi connectivity index (χ2n) is 4.86. The molecule has 0 aromatic heterocycles. The van der Waals surface area contributed by atoms with E-state index in [1.165, 1.54) is 11.1 Å². The molecule has 104 valence electrons. The number of rotatable bonds is 6. The summed E-state index contributed by atoms with van der Waals surface area (Å²) in [4.78, 5) is 0. The fraction of sp³-hybridized carbons (Fsp3) is 0.235. The van der Waals surface area contributed by atoms with Crippen molar-refractivity contribution in [3.05, 3.63) is 71.3 Å². The van der Waals surface area contributed by atoms with Crippen molar-refractivity contribution in [1.82, 2.24) is 0 Å². The molecule has 3 nitrogen and oxygen atoms in total. The number of hydrazone groups is 1. The number of amidine groups is 1. The Balaban J connectivity index is 1.88. The van der Waals surface area contributed by atoms with Crippen molar-refractivity contribution >= 4 is 5.84 Å². The molecule has 0 aliphatic rings. The molecule has 2 aromatic carbocycles. The molecular formula is C17H21N3. The van der Waals surface area contributed by atoms with Gasteiger partial charge in [-0.2, -0.15) is 5.10 Å². The van der Waals surface area contributed by atoms with E-state index in [-0.39, 0.29) is 0 Å². The van der Waals surface area contributed by atoms with E-state index >= 15 is 0 Å². The maximum Gasteiger partial charge on any atom is 0.150 e. The summed E-state index contributed by atoms with van der Waals surface area (Å²) in [5.74, 6) is 5.67. The van der Waals surface area contributed by atoms with Crippen molar-refractivity contribution in [3.8, 4) is 0 Å². The first-order valence-electron chi connectivity index (χ1n) is 6.97. The normalized spacial score (nSPS) is 11.5. The Labute approximate surface area is 120 Å². The van der Waals surface area contributed by atoms with Crippen LogP contribution in [0.4, 0.5) is 0 Å². The van der Waals surface area contributed by atoms with Crippen molar-refractivity contribution in [2.24, 2.45) is 16.7 Å². The molecule has 2 rings (SSSR count). The third-order valence-electron chi connectivity index (χ3n) is 3.44. The van der Waals surface area contributed by atoms with Gasteiger partial charge in [-0.25, -0.2) is 0 Å². The maximum atomic E-state index is 5.82. The summed E-state index contributed by atoms with van der Waals surface area (Å²) in [6.45, 7) is 0. The molecule has 0 bridgehead atoms. The molecule has 0 aliphatic heterocycles. The zero-order chi connectivity index (χ0) is 14.2. The molecule has 4 N–H and O–H groups in total. The molecule has 3 heteroatoms. The minimum absolute atomic E-state index is 0.406. The largest absolute Gasteiger partial charge is 0.382 e. The Kier molecular flexibility index (Phi) is 5.18. The monoisotopic (exact) mass is 267 g/mol. The highest BCUT2D eigenvalue weighted by atomic mass is 15.2. The molecule has 0 radical (unpaired) electrons. The van der Waals surface area contributed by atoms with Crippen LogP contribution in [0.15, 0.2) is 59.7 Å². The van der Waals surface area contributed by atoms with Gasteiger partial charge in [0.15, 0.2) is 5.84 Å². The molecule has 0 unspecified atom stereocenters. The predicted octanol–water partition coefficient (Wildman–Crippen LogP) is 2.83. The van der Waals surface area contributed by atoms with E-state index in [1.54, 1.807) is 0 Å². The average molecular weight is 267 g/mol. The van der Waals surface area contributed by atoms with Crippen LogP contribution >= 0.6 is 0 Å². The predicted molar refractivity (Wildman–Crippen MR) is 84.4 cm³/mol. The SMILES string of the molecule is NN=C(N)c1ccccc1CCCCc1ccccc1. The third kappa shape index (κ3) is 3.85. The van der Waals surface area contributed by atoms with Gasteiger partial charge in [-0.1, -0.05) is 54.6 Å². The van der Waals surface area contributed by atoms with Gasteiger partial charge in [-0.15, -0.1) is 0 Å². The molecule has 0 spiro atoms. The molecule has 0 aliphatic carbocycles. The number of aryl methyl sites for hydroxylation is 2. The Bertz CT molecular complexity index is 561. The van der Waals surface area contributed by atoms with Gasteiger partial charge in [-0.3, -0.25) is 0 Å². The van der Waals surface area contributed by atoms with Crippen molar-refractivity contribution < 1.29 is 0 Å². The molecule has 0 amide bonds. The first-order valence-corrected chi connectivity index (χ1v) is 6.97. The minimum Gasteiger partial charge on any atom is -0.382 e. The summed E-state index contributed by atoms with van der Waals surface area (Å²) in [7, 11) is 0. The van der Waals surface area contributed by atoms with E-state index in [2.05, 4.69) is 41.5 Å². The van der Waals surface area contributed by atoms with Crippen LogP contribution in [-0.4, -0.2) is 5.84 Å². The fourth-order valence-corrected chi connectivity index (χ4v) is 2.35. The van der Waals surface area contributed by atoms with E-state index in [4.69, 9.17) is 11.6 Å². The highest BCUT2D eigenvalue weighted by Crippen LogP contribution is 2.13. The lowest BCUT2D eigenvalue weighted by molar-refractivity contribution is 0.733. The van der Waals surface area contributed by atoms with Crippen LogP contribution in [0.3, 0.4) is 0 Å². The van der Waals surface area contributed by atoms with Crippen molar-refractivity contribution in [2.75, 3.05) is 0 Å². The molecule has 0 saturated heterocycles. The molecule has 0 fully saturated rings. The first kappa shape index (κ1) is 14.1. The number of nitrogens with zero attached hydrogens (tertiary/aromatic N) is 1. The van der Waals surface area contributed by atoms with Crippen LogP contribution < -0.4 is 11.6 Å². The summed E-state index contributed by atoms with van der Waals surface area (Å²) in [6.07, 6.45) is 4.41. The summed E-state index contributed by atoms with van der Waals surface area (Å²) in [6, 6.07) is 18.6. The third-order valence-corrected chi connectivity index (χ3v) is 3.44. The highest BCUT2D eigenvalue weighted by molar-refractivity contribution is 5.98. The lowest BCUT2D eigenvalue weighted by atomic mass is 9.99. The molecule has 0 heterocycles. The van der Waals surface area contributed by atoms with Gasteiger partial charge in [-0.05, 0) is 36.8 Å². The van der Waals surface area contributed by atoms with E-state index < -0.39 is 0 Å². The first-order chi connectivity index (χ1) is 9.81. The quantitative estimate of drug-likeness (QED) is 0.278. The van der Waals surface area contributed by atoms with E-state index in [0.717, 1.165) is 31.2 Å². The standard InChI is InChI=1S/C17H21N3/c18-17(20-19)16-13-7-6-12-15(16)11-5-4-10-14-8-2-1-3-9-14/h1-3,6-9,12-13H,4-5,10-11,19H2,(H2,18,20). The van der Waals surface area contributed by atoms with Crippen LogP contribution in [0.5, 0.6) is 0 Å². The molecule has 20 heavy (non-hydrogen) atoms. The topological polar surface area (TPSA) is 64.4 Å². The van der Waals surface area contributed by atoms with Crippen LogP contribution in [-0.2, 0) is 12.8 Å². The highest BCUT2D eigenvalue weighted by Gasteiger charge is 2.05. The number of nitrogens with two attached hydrogens (primary N) is 2. The Morgan fingerprint density at radius 1 is 0.850 bits per heavy atom. The smallest absolute Gasteiger partial charge is 0.150 e. The Morgan fingerprint density at radius 2 is 1.50 bits per heavy atom. The fourth-order valence-electron chi connectivity index (χ4n) is 2.35. The summed E-state index contributed by atoms with van der Waals surface area (Å²) in [5.41, 5.74) is 9.38. The Hall–Kier alpha value is -2.29. The minimum atomic E-state index is 0.406. The zero-order valence-electron chi connectivity index (χ0n) is 11.6. The van der Waals surface area contributed by atoms with Crippen LogP contribution in [0.25, 0.3) is 0 Å². The van der Waals surface area contributed by atoms with Crippen molar-refractivity contribution in [1.29, 1.82) is 0 Å². The van der Waals surface area contributed by atoms with Gasteiger partial charge in [0.2, 0.25) is 0 Å². The molecule has 2 aromatic rings. The van der Waals surface area contributed by atoms with Gasteiger partial charge < -0.3 is 11.6 Å².